The summed E-state index contributed by atoms with van der Waals surface area (Å²) >= 11 is 0. The van der Waals surface area contributed by atoms with Crippen molar-refractivity contribution in [2.75, 3.05) is 7.05 Å². The van der Waals surface area contributed by atoms with Crippen molar-refractivity contribution in [2.45, 2.75) is 33.2 Å². The van der Waals surface area contributed by atoms with Gasteiger partial charge in [0, 0.05) is 23.8 Å². The summed E-state index contributed by atoms with van der Waals surface area (Å²) in [6, 6.07) is 8.92. The molecule has 96 valence electrons. The van der Waals surface area contributed by atoms with Gasteiger partial charge in [0.25, 0.3) is 0 Å². The van der Waals surface area contributed by atoms with Crippen LogP contribution in [0.2, 0.25) is 0 Å². The first-order valence-corrected chi connectivity index (χ1v) is 6.51. The maximum atomic E-state index is 4.26. The molecular formula is C16H22N2. The molecule has 0 aliphatic carbocycles. The lowest BCUT2D eigenvalue weighted by atomic mass is 9.84. The molecule has 0 aliphatic rings. The van der Waals surface area contributed by atoms with Gasteiger partial charge in [0.15, 0.2) is 0 Å². The van der Waals surface area contributed by atoms with E-state index in [-0.39, 0.29) is 0 Å². The monoisotopic (exact) mass is 242 g/mol. The average Bonchev–Trinajstić information content (AvgIpc) is 2.34. The minimum Gasteiger partial charge on any atom is -0.313 e. The topological polar surface area (TPSA) is 24.9 Å². The molecule has 2 rings (SSSR count). The fourth-order valence-corrected chi connectivity index (χ4v) is 2.42. The fourth-order valence-electron chi connectivity index (χ4n) is 2.42. The third kappa shape index (κ3) is 2.88. The Kier molecular flexibility index (Phi) is 3.67. The molecule has 0 spiro atoms. The first-order valence-electron chi connectivity index (χ1n) is 6.51. The molecule has 1 aromatic heterocycles. The number of aromatic nitrogens is 1. The van der Waals surface area contributed by atoms with Gasteiger partial charge >= 0.3 is 0 Å². The standard InChI is InChI=1S/C16H22N2/c1-16(2,3)10-15(17-4)13-7-5-6-12-8-9-18-11-14(12)13/h5-9,11,15,17H,10H2,1-4H3. The number of hydrogen-bond acceptors (Lipinski definition) is 2. The molecular weight excluding hydrogens is 220 g/mol. The van der Waals surface area contributed by atoms with E-state index in [1.807, 2.05) is 19.4 Å². The summed E-state index contributed by atoms with van der Waals surface area (Å²) in [6.07, 6.45) is 4.93. The number of nitrogens with zero attached hydrogens (tertiary/aromatic N) is 1. The van der Waals surface area contributed by atoms with Crippen molar-refractivity contribution < 1.29 is 0 Å². The Morgan fingerprint density at radius 1 is 1.22 bits per heavy atom. The number of nitrogens with one attached hydrogen (secondary N) is 1. The van der Waals surface area contributed by atoms with Gasteiger partial charge in [-0.1, -0.05) is 39.0 Å². The Bertz CT molecular complexity index is 521. The van der Waals surface area contributed by atoms with Gasteiger partial charge in [-0.25, -0.2) is 0 Å². The molecule has 1 atom stereocenters. The minimum absolute atomic E-state index is 0.304. The molecule has 2 nitrogen and oxygen atoms in total. The van der Waals surface area contributed by atoms with E-state index in [1.165, 1.54) is 16.3 Å². The van der Waals surface area contributed by atoms with Crippen molar-refractivity contribution in [3.05, 3.63) is 42.2 Å². The maximum absolute atomic E-state index is 4.26. The second kappa shape index (κ2) is 5.07. The zero-order valence-corrected chi connectivity index (χ0v) is 11.7. The van der Waals surface area contributed by atoms with Crippen LogP contribution in [0.1, 0.15) is 38.8 Å². The molecule has 0 aliphatic heterocycles. The zero-order valence-electron chi connectivity index (χ0n) is 11.7. The number of pyridine rings is 1. The van der Waals surface area contributed by atoms with Crippen LogP contribution in [-0.2, 0) is 0 Å². The van der Waals surface area contributed by atoms with E-state index in [9.17, 15) is 0 Å². The summed E-state index contributed by atoms with van der Waals surface area (Å²) < 4.78 is 0. The van der Waals surface area contributed by atoms with E-state index in [4.69, 9.17) is 0 Å². The van der Waals surface area contributed by atoms with Crippen LogP contribution in [0.25, 0.3) is 10.8 Å². The Labute approximate surface area is 109 Å². The Morgan fingerprint density at radius 3 is 2.67 bits per heavy atom. The molecule has 0 fully saturated rings. The molecule has 1 heterocycles. The lowest BCUT2D eigenvalue weighted by Gasteiger charge is -2.27. The van der Waals surface area contributed by atoms with Crippen LogP contribution in [0.5, 0.6) is 0 Å². The van der Waals surface area contributed by atoms with Gasteiger partial charge in [0.2, 0.25) is 0 Å². The maximum Gasteiger partial charge on any atom is 0.0349 e. The number of hydrogen-bond donors (Lipinski definition) is 1. The summed E-state index contributed by atoms with van der Waals surface area (Å²) in [5, 5.41) is 5.95. The van der Waals surface area contributed by atoms with Gasteiger partial charge in [-0.3, -0.25) is 4.98 Å². The second-order valence-electron chi connectivity index (χ2n) is 6.05. The van der Waals surface area contributed by atoms with Crippen molar-refractivity contribution in [3.8, 4) is 0 Å². The largest absolute Gasteiger partial charge is 0.313 e. The molecule has 18 heavy (non-hydrogen) atoms. The van der Waals surface area contributed by atoms with E-state index < -0.39 is 0 Å². The highest BCUT2D eigenvalue weighted by Gasteiger charge is 2.20. The minimum atomic E-state index is 0.304. The lowest BCUT2D eigenvalue weighted by molar-refractivity contribution is 0.322. The van der Waals surface area contributed by atoms with Crippen molar-refractivity contribution >= 4 is 10.8 Å². The first-order chi connectivity index (χ1) is 8.51. The van der Waals surface area contributed by atoms with Crippen molar-refractivity contribution in [2.24, 2.45) is 5.41 Å². The van der Waals surface area contributed by atoms with Crippen LogP contribution >= 0.6 is 0 Å². The molecule has 2 aromatic rings. The Hall–Kier alpha value is -1.41. The number of benzene rings is 1. The van der Waals surface area contributed by atoms with Gasteiger partial charge < -0.3 is 5.32 Å². The third-order valence-corrected chi connectivity index (χ3v) is 3.26. The SMILES string of the molecule is CNC(CC(C)(C)C)c1cccc2ccncc12. The summed E-state index contributed by atoms with van der Waals surface area (Å²) in [4.78, 5) is 4.26. The molecule has 0 bridgehead atoms. The molecule has 0 amide bonds. The summed E-state index contributed by atoms with van der Waals surface area (Å²) in [5.74, 6) is 0. The molecule has 1 unspecified atom stereocenters. The smallest absolute Gasteiger partial charge is 0.0349 e. The van der Waals surface area contributed by atoms with Crippen molar-refractivity contribution in [1.82, 2.24) is 10.3 Å². The zero-order chi connectivity index (χ0) is 13.2. The van der Waals surface area contributed by atoms with Gasteiger partial charge in [0.05, 0.1) is 0 Å². The van der Waals surface area contributed by atoms with Crippen LogP contribution < -0.4 is 5.32 Å². The van der Waals surface area contributed by atoms with Gasteiger partial charge in [0.1, 0.15) is 0 Å². The first kappa shape index (κ1) is 13.0. The fraction of sp³-hybridized carbons (Fsp3) is 0.438. The van der Waals surface area contributed by atoms with Gasteiger partial charge in [-0.05, 0) is 35.9 Å². The normalized spacial score (nSPS) is 13.8. The quantitative estimate of drug-likeness (QED) is 0.882. The van der Waals surface area contributed by atoms with Gasteiger partial charge in [-0.15, -0.1) is 0 Å². The van der Waals surface area contributed by atoms with E-state index in [0.717, 1.165) is 6.42 Å². The molecule has 1 aromatic carbocycles. The van der Waals surface area contributed by atoms with E-state index in [2.05, 4.69) is 55.3 Å². The van der Waals surface area contributed by atoms with Crippen molar-refractivity contribution in [3.63, 3.8) is 0 Å². The number of fused-ring (bicyclic) bond motifs is 1. The molecule has 2 heteroatoms. The van der Waals surface area contributed by atoms with Crippen LogP contribution in [0.4, 0.5) is 0 Å². The highest BCUT2D eigenvalue weighted by Crippen LogP contribution is 2.32. The predicted octanol–water partition coefficient (Wildman–Crippen LogP) is 3.93. The van der Waals surface area contributed by atoms with Crippen LogP contribution in [0, 0.1) is 5.41 Å². The van der Waals surface area contributed by atoms with Crippen molar-refractivity contribution in [1.29, 1.82) is 0 Å². The van der Waals surface area contributed by atoms with Crippen LogP contribution in [0.15, 0.2) is 36.7 Å². The van der Waals surface area contributed by atoms with E-state index >= 15 is 0 Å². The molecule has 0 saturated carbocycles. The van der Waals surface area contributed by atoms with E-state index in [0.29, 0.717) is 11.5 Å². The third-order valence-electron chi connectivity index (χ3n) is 3.26. The van der Waals surface area contributed by atoms with E-state index in [1.54, 1.807) is 0 Å². The Morgan fingerprint density at radius 2 is 2.00 bits per heavy atom. The van der Waals surface area contributed by atoms with Gasteiger partial charge in [-0.2, -0.15) is 0 Å². The van der Waals surface area contributed by atoms with Crippen LogP contribution in [0.3, 0.4) is 0 Å². The summed E-state index contributed by atoms with van der Waals surface area (Å²) in [5.41, 5.74) is 1.65. The number of rotatable bonds is 3. The highest BCUT2D eigenvalue weighted by molar-refractivity contribution is 5.85. The van der Waals surface area contributed by atoms with Crippen LogP contribution in [-0.4, -0.2) is 12.0 Å². The average molecular weight is 242 g/mol. The molecule has 1 N–H and O–H groups in total. The second-order valence-corrected chi connectivity index (χ2v) is 6.05. The highest BCUT2D eigenvalue weighted by atomic mass is 14.9. The summed E-state index contributed by atoms with van der Waals surface area (Å²) in [6.45, 7) is 6.84. The molecule has 0 radical (unpaired) electrons. The Balaban J connectivity index is 2.45. The lowest BCUT2D eigenvalue weighted by Crippen LogP contribution is -2.22. The predicted molar refractivity (Wildman–Crippen MR) is 77.6 cm³/mol. The summed E-state index contributed by atoms with van der Waals surface area (Å²) in [7, 11) is 2.03. The molecule has 0 saturated heterocycles.